The van der Waals surface area contributed by atoms with Crippen molar-refractivity contribution in [3.05, 3.63) is 33.0 Å². The van der Waals surface area contributed by atoms with Crippen LogP contribution in [-0.4, -0.2) is 31.0 Å². The molecular formula is C7H8BrN3O4. The van der Waals surface area contributed by atoms with E-state index in [4.69, 9.17) is 0 Å². The van der Waals surface area contributed by atoms with Crippen molar-refractivity contribution in [1.82, 2.24) is 9.55 Å². The Morgan fingerprint density at radius 1 is 1.73 bits per heavy atom. The van der Waals surface area contributed by atoms with E-state index in [1.807, 2.05) is 0 Å². The van der Waals surface area contributed by atoms with Crippen LogP contribution in [0.1, 0.15) is 0 Å². The van der Waals surface area contributed by atoms with Crippen molar-refractivity contribution < 1.29 is 10.0 Å². The van der Waals surface area contributed by atoms with Gasteiger partial charge in [0.1, 0.15) is 6.20 Å². The lowest BCUT2D eigenvalue weighted by Crippen LogP contribution is -2.28. The van der Waals surface area contributed by atoms with E-state index < -0.39 is 16.7 Å². The number of alkyl halides is 1. The van der Waals surface area contributed by atoms with Crippen LogP contribution in [0.4, 0.5) is 5.69 Å². The van der Waals surface area contributed by atoms with Gasteiger partial charge < -0.3 is 5.11 Å². The maximum atomic E-state index is 11.1. The fourth-order valence-corrected chi connectivity index (χ4v) is 1.15. The molecule has 1 heterocycles. The molecule has 0 aliphatic rings. The van der Waals surface area contributed by atoms with Crippen LogP contribution >= 0.6 is 15.9 Å². The van der Waals surface area contributed by atoms with Gasteiger partial charge in [-0.3, -0.25) is 14.7 Å². The largest absolute Gasteiger partial charge is 0.390 e. The summed E-state index contributed by atoms with van der Waals surface area (Å²) in [5.74, 6) is 0. The van der Waals surface area contributed by atoms with Gasteiger partial charge >= 0.3 is 11.4 Å². The van der Waals surface area contributed by atoms with Crippen molar-refractivity contribution in [2.24, 2.45) is 0 Å². The van der Waals surface area contributed by atoms with Crippen molar-refractivity contribution in [2.45, 2.75) is 12.6 Å². The molecule has 8 heteroatoms. The molecule has 82 valence electrons. The summed E-state index contributed by atoms with van der Waals surface area (Å²) in [4.78, 5) is 24.2. The van der Waals surface area contributed by atoms with E-state index in [1.165, 1.54) is 0 Å². The van der Waals surface area contributed by atoms with Gasteiger partial charge in [0.15, 0.2) is 0 Å². The average Bonchev–Trinajstić information content (AvgIpc) is 2.20. The molecule has 0 aliphatic heterocycles. The zero-order valence-electron chi connectivity index (χ0n) is 7.54. The first-order valence-corrected chi connectivity index (χ1v) is 5.11. The number of aliphatic hydroxyl groups is 1. The van der Waals surface area contributed by atoms with Crippen molar-refractivity contribution in [2.75, 3.05) is 5.33 Å². The van der Waals surface area contributed by atoms with Gasteiger partial charge in [-0.1, -0.05) is 15.9 Å². The summed E-state index contributed by atoms with van der Waals surface area (Å²) in [5.41, 5.74) is -0.906. The zero-order chi connectivity index (χ0) is 11.4. The molecule has 7 nitrogen and oxygen atoms in total. The molecule has 1 aromatic heterocycles. The van der Waals surface area contributed by atoms with E-state index in [-0.39, 0.29) is 17.6 Å². The SMILES string of the molecule is O=c1ncc([N+](=O)[O-])cn1CC(O)CBr. The summed E-state index contributed by atoms with van der Waals surface area (Å²) < 4.78 is 1.00. The average molecular weight is 278 g/mol. The summed E-state index contributed by atoms with van der Waals surface area (Å²) >= 11 is 3.02. The number of hydrogen-bond donors (Lipinski definition) is 1. The Labute approximate surface area is 92.7 Å². The van der Waals surface area contributed by atoms with Gasteiger partial charge in [-0.2, -0.15) is 4.98 Å². The van der Waals surface area contributed by atoms with E-state index in [2.05, 4.69) is 20.9 Å². The Balaban J connectivity index is 3.00. The lowest BCUT2D eigenvalue weighted by Gasteiger charge is -2.08. The lowest BCUT2D eigenvalue weighted by molar-refractivity contribution is -0.385. The van der Waals surface area contributed by atoms with Crippen molar-refractivity contribution in [3.63, 3.8) is 0 Å². The highest BCUT2D eigenvalue weighted by atomic mass is 79.9. The van der Waals surface area contributed by atoms with Gasteiger partial charge in [0.05, 0.1) is 23.8 Å². The predicted molar refractivity (Wildman–Crippen MR) is 55.0 cm³/mol. The van der Waals surface area contributed by atoms with Gasteiger partial charge in [0.25, 0.3) is 0 Å². The van der Waals surface area contributed by atoms with Crippen LogP contribution < -0.4 is 5.69 Å². The van der Waals surface area contributed by atoms with Crippen LogP contribution in [0.5, 0.6) is 0 Å². The molecule has 1 N–H and O–H groups in total. The molecule has 0 bridgehead atoms. The highest BCUT2D eigenvalue weighted by Crippen LogP contribution is 2.05. The molecule has 0 fully saturated rings. The number of aliphatic hydroxyl groups excluding tert-OH is 1. The predicted octanol–water partition coefficient (Wildman–Crippen LogP) is -0.0927. The summed E-state index contributed by atoms with van der Waals surface area (Å²) in [6.45, 7) is -0.0290. The number of aromatic nitrogens is 2. The molecule has 0 amide bonds. The van der Waals surface area contributed by atoms with Crippen LogP contribution in [-0.2, 0) is 6.54 Å². The van der Waals surface area contributed by atoms with E-state index in [0.29, 0.717) is 0 Å². The highest BCUT2D eigenvalue weighted by molar-refractivity contribution is 9.09. The number of hydrogen-bond acceptors (Lipinski definition) is 5. The van der Waals surface area contributed by atoms with E-state index in [1.54, 1.807) is 0 Å². The molecular weight excluding hydrogens is 270 g/mol. The Morgan fingerprint density at radius 3 is 2.93 bits per heavy atom. The van der Waals surface area contributed by atoms with Crippen LogP contribution in [0.3, 0.4) is 0 Å². The van der Waals surface area contributed by atoms with Crippen LogP contribution in [0.2, 0.25) is 0 Å². The molecule has 0 aliphatic carbocycles. The second-order valence-electron chi connectivity index (χ2n) is 2.81. The Bertz CT molecular complexity index is 419. The summed E-state index contributed by atoms with van der Waals surface area (Å²) in [6, 6.07) is 0. The van der Waals surface area contributed by atoms with Crippen LogP contribution in [0.25, 0.3) is 0 Å². The minimum Gasteiger partial charge on any atom is -0.390 e. The Morgan fingerprint density at radius 2 is 2.40 bits per heavy atom. The van der Waals surface area contributed by atoms with Gasteiger partial charge in [-0.15, -0.1) is 0 Å². The fourth-order valence-electron chi connectivity index (χ4n) is 0.945. The third-order valence-corrected chi connectivity index (χ3v) is 2.38. The van der Waals surface area contributed by atoms with Gasteiger partial charge in [0.2, 0.25) is 0 Å². The summed E-state index contributed by atoms with van der Waals surface area (Å²) in [6.07, 6.45) is 1.16. The van der Waals surface area contributed by atoms with E-state index >= 15 is 0 Å². The Kier molecular flexibility index (Phi) is 3.92. The maximum Gasteiger partial charge on any atom is 0.348 e. The maximum absolute atomic E-state index is 11.1. The summed E-state index contributed by atoms with van der Waals surface area (Å²) in [5, 5.41) is 19.9. The highest BCUT2D eigenvalue weighted by Gasteiger charge is 2.11. The first kappa shape index (κ1) is 11.8. The smallest absolute Gasteiger partial charge is 0.348 e. The second kappa shape index (κ2) is 4.99. The fraction of sp³-hybridized carbons (Fsp3) is 0.429. The zero-order valence-corrected chi connectivity index (χ0v) is 9.12. The van der Waals surface area contributed by atoms with Gasteiger partial charge in [0, 0.05) is 5.33 Å². The molecule has 0 radical (unpaired) electrons. The van der Waals surface area contributed by atoms with Crippen molar-refractivity contribution in [3.8, 4) is 0 Å². The standard InChI is InChI=1S/C7H8BrN3O4/c8-1-6(12)4-10-3-5(11(14)15)2-9-7(10)13/h2-3,6,12H,1,4H2. The number of nitrogens with zero attached hydrogens (tertiary/aromatic N) is 3. The van der Waals surface area contributed by atoms with Gasteiger partial charge in [-0.05, 0) is 0 Å². The number of nitro groups is 1. The van der Waals surface area contributed by atoms with E-state index in [9.17, 15) is 20.0 Å². The molecule has 1 aromatic rings. The second-order valence-corrected chi connectivity index (χ2v) is 3.46. The minimum atomic E-state index is -0.786. The molecule has 15 heavy (non-hydrogen) atoms. The van der Waals surface area contributed by atoms with Crippen molar-refractivity contribution >= 4 is 21.6 Å². The third-order valence-electron chi connectivity index (χ3n) is 1.64. The molecule has 1 unspecified atom stereocenters. The molecule has 0 saturated heterocycles. The molecule has 0 saturated carbocycles. The minimum absolute atomic E-state index is 0.0290. The molecule has 0 aromatic carbocycles. The van der Waals surface area contributed by atoms with Crippen LogP contribution in [0.15, 0.2) is 17.2 Å². The molecule has 1 rings (SSSR count). The first-order chi connectivity index (χ1) is 7.04. The normalized spacial score (nSPS) is 12.4. The van der Waals surface area contributed by atoms with E-state index in [0.717, 1.165) is 17.0 Å². The lowest BCUT2D eigenvalue weighted by atomic mass is 10.4. The number of halogens is 1. The van der Waals surface area contributed by atoms with Crippen LogP contribution in [0, 0.1) is 10.1 Å². The first-order valence-electron chi connectivity index (χ1n) is 3.99. The molecule has 0 spiro atoms. The van der Waals surface area contributed by atoms with Gasteiger partial charge in [-0.25, -0.2) is 4.79 Å². The monoisotopic (exact) mass is 277 g/mol. The topological polar surface area (TPSA) is 98.3 Å². The summed E-state index contributed by atoms with van der Waals surface area (Å²) in [7, 11) is 0. The van der Waals surface area contributed by atoms with Crippen molar-refractivity contribution in [1.29, 1.82) is 0 Å². The quantitative estimate of drug-likeness (QED) is 0.471. The third kappa shape index (κ3) is 3.10. The molecule has 1 atom stereocenters. The Hall–Kier alpha value is -1.28. The number of rotatable bonds is 4.